The number of hydrogen-bond donors (Lipinski definition) is 1. The summed E-state index contributed by atoms with van der Waals surface area (Å²) in [5, 5.41) is 9.45. The SMILES string of the molecule is CCCCCOC(=O)C(=C[Si](CCCCC)(CCCCC)CCCCC)CC(=O)O. The highest BCUT2D eigenvalue weighted by atomic mass is 28.3. The minimum absolute atomic E-state index is 0.212. The predicted octanol–water partition coefficient (Wildman–Crippen LogP) is 7.68. The molecule has 5 heteroatoms. The topological polar surface area (TPSA) is 63.6 Å². The molecule has 0 aliphatic carbocycles. The molecule has 0 radical (unpaired) electrons. The third kappa shape index (κ3) is 14.0. The summed E-state index contributed by atoms with van der Waals surface area (Å²) in [6.07, 6.45) is 13.4. The molecule has 0 aromatic carbocycles. The van der Waals surface area contributed by atoms with Gasteiger partial charge in [0.25, 0.3) is 0 Å². The Morgan fingerprint density at radius 3 is 1.57 bits per heavy atom. The number of carboxylic acids is 1. The van der Waals surface area contributed by atoms with Gasteiger partial charge in [0, 0.05) is 5.57 Å². The van der Waals surface area contributed by atoms with E-state index in [2.05, 4.69) is 33.4 Å². The van der Waals surface area contributed by atoms with Gasteiger partial charge in [-0.25, -0.2) is 4.79 Å². The zero-order valence-corrected chi connectivity index (χ0v) is 21.3. The normalized spacial score (nSPS) is 12.2. The van der Waals surface area contributed by atoms with Gasteiger partial charge in [0.05, 0.1) is 21.1 Å². The van der Waals surface area contributed by atoms with Crippen LogP contribution in [0.5, 0.6) is 0 Å². The minimum atomic E-state index is -1.88. The van der Waals surface area contributed by atoms with Crippen LogP contribution in [-0.4, -0.2) is 31.7 Å². The first-order chi connectivity index (χ1) is 14.4. The molecule has 30 heavy (non-hydrogen) atoms. The number of carbonyl (C=O) groups excluding carboxylic acids is 1. The van der Waals surface area contributed by atoms with Crippen LogP contribution in [0.15, 0.2) is 11.3 Å². The molecule has 0 spiro atoms. The third-order valence-electron chi connectivity index (χ3n) is 5.90. The van der Waals surface area contributed by atoms with E-state index in [1.54, 1.807) is 0 Å². The van der Waals surface area contributed by atoms with Gasteiger partial charge >= 0.3 is 11.9 Å². The van der Waals surface area contributed by atoms with Crippen LogP contribution >= 0.6 is 0 Å². The highest BCUT2D eigenvalue weighted by molar-refractivity contribution is 6.84. The standard InChI is InChI=1S/C25H48O4Si/c1-5-9-13-17-29-25(28)23(21-24(26)27)22-30(18-14-10-6-2,19-15-11-7-3)20-16-12-8-4/h22H,5-21H2,1-4H3,(H,26,27). The Morgan fingerprint density at radius 1 is 0.733 bits per heavy atom. The fraction of sp³-hybridized carbons (Fsp3) is 0.840. The summed E-state index contributed by atoms with van der Waals surface area (Å²) in [7, 11) is -1.88. The summed E-state index contributed by atoms with van der Waals surface area (Å²) in [5.74, 6) is -1.34. The quantitative estimate of drug-likeness (QED) is 0.0912. The highest BCUT2D eigenvalue weighted by Gasteiger charge is 2.31. The highest BCUT2D eigenvalue weighted by Crippen LogP contribution is 2.32. The first-order valence-corrected chi connectivity index (χ1v) is 15.2. The van der Waals surface area contributed by atoms with Crippen LogP contribution in [0.3, 0.4) is 0 Å². The van der Waals surface area contributed by atoms with Crippen LogP contribution < -0.4 is 0 Å². The zero-order chi connectivity index (χ0) is 22.7. The van der Waals surface area contributed by atoms with E-state index in [0.717, 1.165) is 19.3 Å². The molecule has 0 bridgehead atoms. The second kappa shape index (κ2) is 18.6. The molecule has 0 rings (SSSR count). The van der Waals surface area contributed by atoms with Crippen molar-refractivity contribution in [2.45, 2.75) is 129 Å². The Kier molecular flexibility index (Phi) is 18.0. The lowest BCUT2D eigenvalue weighted by molar-refractivity contribution is -0.142. The molecule has 0 aliphatic rings. The van der Waals surface area contributed by atoms with Crippen molar-refractivity contribution in [2.75, 3.05) is 6.61 Å². The van der Waals surface area contributed by atoms with E-state index in [-0.39, 0.29) is 6.42 Å². The average Bonchev–Trinajstić information content (AvgIpc) is 2.71. The first kappa shape index (κ1) is 28.9. The van der Waals surface area contributed by atoms with E-state index in [1.165, 1.54) is 75.9 Å². The number of carboxylic acid groups (broad SMARTS) is 1. The molecule has 0 atom stereocenters. The van der Waals surface area contributed by atoms with Crippen molar-refractivity contribution >= 4 is 20.0 Å². The van der Waals surface area contributed by atoms with Crippen molar-refractivity contribution in [3.8, 4) is 0 Å². The summed E-state index contributed by atoms with van der Waals surface area (Å²) < 4.78 is 5.48. The number of unbranched alkanes of at least 4 members (excludes halogenated alkanes) is 8. The van der Waals surface area contributed by atoms with Crippen LogP contribution in [0.1, 0.15) is 111 Å². The molecule has 1 N–H and O–H groups in total. The van der Waals surface area contributed by atoms with E-state index in [4.69, 9.17) is 4.74 Å². The van der Waals surface area contributed by atoms with E-state index < -0.39 is 20.0 Å². The summed E-state index contributed by atoms with van der Waals surface area (Å²) in [6.45, 7) is 9.16. The maximum Gasteiger partial charge on any atom is 0.333 e. The lowest BCUT2D eigenvalue weighted by Crippen LogP contribution is -2.34. The molecule has 176 valence electrons. The molecule has 0 fully saturated rings. The van der Waals surface area contributed by atoms with Gasteiger partial charge in [-0.05, 0) is 6.42 Å². The van der Waals surface area contributed by atoms with Crippen molar-refractivity contribution in [1.29, 1.82) is 0 Å². The van der Waals surface area contributed by atoms with Gasteiger partial charge in [-0.3, -0.25) is 4.79 Å². The lowest BCUT2D eigenvalue weighted by atomic mass is 10.2. The van der Waals surface area contributed by atoms with Gasteiger partial charge < -0.3 is 9.84 Å². The Bertz CT molecular complexity index is 461. The van der Waals surface area contributed by atoms with E-state index >= 15 is 0 Å². The van der Waals surface area contributed by atoms with Crippen molar-refractivity contribution in [3.63, 3.8) is 0 Å². The minimum Gasteiger partial charge on any atom is -0.481 e. The maximum atomic E-state index is 12.8. The summed E-state index contributed by atoms with van der Waals surface area (Å²) in [5.41, 5.74) is 2.58. The number of hydrogen-bond acceptors (Lipinski definition) is 3. The molecule has 0 saturated heterocycles. The van der Waals surface area contributed by atoms with Gasteiger partial charge in [-0.2, -0.15) is 0 Å². The molecule has 0 heterocycles. The predicted molar refractivity (Wildman–Crippen MR) is 130 cm³/mol. The van der Waals surface area contributed by atoms with Gasteiger partial charge in [-0.15, -0.1) is 0 Å². The Morgan fingerprint density at radius 2 is 1.17 bits per heavy atom. The Hall–Kier alpha value is -1.10. The van der Waals surface area contributed by atoms with Crippen molar-refractivity contribution in [1.82, 2.24) is 0 Å². The van der Waals surface area contributed by atoms with Crippen LogP contribution in [0.4, 0.5) is 0 Å². The number of rotatable bonds is 20. The molecular formula is C25H48O4Si. The van der Waals surface area contributed by atoms with Crippen molar-refractivity contribution in [3.05, 3.63) is 11.3 Å². The third-order valence-corrected chi connectivity index (χ3v) is 10.9. The molecule has 0 unspecified atom stereocenters. The van der Waals surface area contributed by atoms with Gasteiger partial charge in [0.1, 0.15) is 0 Å². The van der Waals surface area contributed by atoms with Crippen molar-refractivity contribution in [2.24, 2.45) is 0 Å². The van der Waals surface area contributed by atoms with E-state index in [1.807, 2.05) is 0 Å². The largest absolute Gasteiger partial charge is 0.481 e. The summed E-state index contributed by atoms with van der Waals surface area (Å²) >= 11 is 0. The maximum absolute atomic E-state index is 12.8. The number of carbonyl (C=O) groups is 2. The molecule has 0 aromatic rings. The number of ether oxygens (including phenoxy) is 1. The Balaban J connectivity index is 5.69. The van der Waals surface area contributed by atoms with Crippen LogP contribution in [0.2, 0.25) is 18.1 Å². The second-order valence-electron chi connectivity index (χ2n) is 8.82. The van der Waals surface area contributed by atoms with E-state index in [0.29, 0.717) is 12.2 Å². The molecule has 0 aliphatic heterocycles. The first-order valence-electron chi connectivity index (χ1n) is 12.5. The van der Waals surface area contributed by atoms with Gasteiger partial charge in [-0.1, -0.05) is 122 Å². The molecular weight excluding hydrogens is 392 g/mol. The summed E-state index contributed by atoms with van der Waals surface area (Å²) in [4.78, 5) is 24.3. The average molecular weight is 441 g/mol. The number of esters is 1. The van der Waals surface area contributed by atoms with Crippen LogP contribution in [-0.2, 0) is 14.3 Å². The smallest absolute Gasteiger partial charge is 0.333 e. The van der Waals surface area contributed by atoms with Crippen molar-refractivity contribution < 1.29 is 19.4 Å². The Labute approximate surface area is 186 Å². The fourth-order valence-corrected chi connectivity index (χ4v) is 9.10. The second-order valence-corrected chi connectivity index (χ2v) is 13.3. The molecule has 0 saturated carbocycles. The monoisotopic (exact) mass is 440 g/mol. The van der Waals surface area contributed by atoms with E-state index in [9.17, 15) is 14.7 Å². The number of aliphatic carboxylic acids is 1. The lowest BCUT2D eigenvalue weighted by Gasteiger charge is -2.30. The molecule has 4 nitrogen and oxygen atoms in total. The van der Waals surface area contributed by atoms with Crippen LogP contribution in [0.25, 0.3) is 0 Å². The van der Waals surface area contributed by atoms with Gasteiger partial charge in [0.2, 0.25) is 0 Å². The zero-order valence-electron chi connectivity index (χ0n) is 20.3. The molecule has 0 amide bonds. The van der Waals surface area contributed by atoms with Crippen LogP contribution in [0, 0.1) is 0 Å². The fourth-order valence-electron chi connectivity index (χ4n) is 4.10. The van der Waals surface area contributed by atoms with Gasteiger partial charge in [0.15, 0.2) is 0 Å². The molecule has 0 aromatic heterocycles. The summed E-state index contributed by atoms with van der Waals surface area (Å²) in [6, 6.07) is 3.50.